The number of aromatic carboxylic acids is 1. The fourth-order valence-corrected chi connectivity index (χ4v) is 2.16. The normalized spacial score (nSPS) is 11.6. The highest BCUT2D eigenvalue weighted by atomic mass is 16.5. The number of rotatable bonds is 6. The smallest absolute Gasteiger partial charge is 0.335 e. The molecule has 24 heavy (non-hydrogen) atoms. The summed E-state index contributed by atoms with van der Waals surface area (Å²) in [6.45, 7) is 5.76. The van der Waals surface area contributed by atoms with Gasteiger partial charge >= 0.3 is 5.97 Å². The lowest BCUT2D eigenvalue weighted by atomic mass is 10.1. The first-order valence-corrected chi connectivity index (χ1v) is 7.82. The molecule has 0 aliphatic rings. The minimum absolute atomic E-state index is 0.0779. The standard InChI is InChI=1S/C19H21NO4/c1-4-13(3)24-16-7-5-6-14(11-16)18(21)20-17-9-8-15(19(22)23)10-12(17)2/h5-11,13H,4H2,1-3H3,(H,20,21)(H,22,23)/t13-/m0/s1. The van der Waals surface area contributed by atoms with Gasteiger partial charge in [0.2, 0.25) is 0 Å². The second-order valence-corrected chi connectivity index (χ2v) is 5.65. The number of nitrogens with one attached hydrogen (secondary N) is 1. The van der Waals surface area contributed by atoms with E-state index in [0.29, 0.717) is 22.6 Å². The predicted octanol–water partition coefficient (Wildman–Crippen LogP) is 4.12. The van der Waals surface area contributed by atoms with Crippen LogP contribution in [0, 0.1) is 6.92 Å². The van der Waals surface area contributed by atoms with E-state index in [2.05, 4.69) is 5.32 Å². The molecule has 5 nitrogen and oxygen atoms in total. The molecule has 0 aliphatic carbocycles. The highest BCUT2D eigenvalue weighted by Gasteiger charge is 2.11. The molecule has 5 heteroatoms. The van der Waals surface area contributed by atoms with E-state index in [1.165, 1.54) is 12.1 Å². The molecule has 0 saturated heterocycles. The molecule has 2 rings (SSSR count). The quantitative estimate of drug-likeness (QED) is 0.836. The van der Waals surface area contributed by atoms with E-state index in [-0.39, 0.29) is 17.6 Å². The van der Waals surface area contributed by atoms with Gasteiger partial charge < -0.3 is 15.2 Å². The molecule has 1 amide bonds. The van der Waals surface area contributed by atoms with Crippen LogP contribution in [0.25, 0.3) is 0 Å². The van der Waals surface area contributed by atoms with E-state index >= 15 is 0 Å². The van der Waals surface area contributed by atoms with Crippen LogP contribution in [0.3, 0.4) is 0 Å². The third-order valence-electron chi connectivity index (χ3n) is 3.73. The van der Waals surface area contributed by atoms with Crippen molar-refractivity contribution in [2.45, 2.75) is 33.3 Å². The number of carbonyl (C=O) groups is 2. The summed E-state index contributed by atoms with van der Waals surface area (Å²) in [6.07, 6.45) is 0.958. The van der Waals surface area contributed by atoms with E-state index in [4.69, 9.17) is 9.84 Å². The van der Waals surface area contributed by atoms with Crippen molar-refractivity contribution in [1.29, 1.82) is 0 Å². The number of amides is 1. The van der Waals surface area contributed by atoms with Gasteiger partial charge in [0.25, 0.3) is 5.91 Å². The van der Waals surface area contributed by atoms with Gasteiger partial charge in [-0.25, -0.2) is 4.79 Å². The van der Waals surface area contributed by atoms with Crippen molar-refractivity contribution >= 4 is 17.6 Å². The molecule has 2 aromatic rings. The second kappa shape index (κ2) is 7.64. The number of hydrogen-bond acceptors (Lipinski definition) is 3. The van der Waals surface area contributed by atoms with Gasteiger partial charge in [-0.3, -0.25) is 4.79 Å². The molecule has 0 saturated carbocycles. The molecular formula is C19H21NO4. The van der Waals surface area contributed by atoms with Crippen molar-refractivity contribution in [2.24, 2.45) is 0 Å². The molecule has 1 atom stereocenters. The molecular weight excluding hydrogens is 306 g/mol. The fraction of sp³-hybridized carbons (Fsp3) is 0.263. The van der Waals surface area contributed by atoms with Gasteiger partial charge in [0.05, 0.1) is 11.7 Å². The van der Waals surface area contributed by atoms with Crippen molar-refractivity contribution < 1.29 is 19.4 Å². The number of hydrogen-bond donors (Lipinski definition) is 2. The van der Waals surface area contributed by atoms with Crippen molar-refractivity contribution in [1.82, 2.24) is 0 Å². The van der Waals surface area contributed by atoms with Gasteiger partial charge in [0.1, 0.15) is 5.75 Å². The van der Waals surface area contributed by atoms with Crippen LogP contribution in [-0.2, 0) is 0 Å². The lowest BCUT2D eigenvalue weighted by Crippen LogP contribution is -2.14. The Hall–Kier alpha value is -2.82. The average molecular weight is 327 g/mol. The van der Waals surface area contributed by atoms with Crippen LogP contribution in [-0.4, -0.2) is 23.1 Å². The second-order valence-electron chi connectivity index (χ2n) is 5.65. The lowest BCUT2D eigenvalue weighted by Gasteiger charge is -2.14. The molecule has 2 N–H and O–H groups in total. The number of anilines is 1. The predicted molar refractivity (Wildman–Crippen MR) is 92.9 cm³/mol. The summed E-state index contributed by atoms with van der Waals surface area (Å²) in [6, 6.07) is 11.6. The highest BCUT2D eigenvalue weighted by Crippen LogP contribution is 2.20. The lowest BCUT2D eigenvalue weighted by molar-refractivity contribution is 0.0696. The third-order valence-corrected chi connectivity index (χ3v) is 3.73. The number of carbonyl (C=O) groups excluding carboxylic acids is 1. The van der Waals surface area contributed by atoms with Crippen LogP contribution in [0.2, 0.25) is 0 Å². The van der Waals surface area contributed by atoms with Gasteiger partial charge in [-0.1, -0.05) is 13.0 Å². The van der Waals surface area contributed by atoms with Gasteiger partial charge in [-0.05, 0) is 62.2 Å². The zero-order chi connectivity index (χ0) is 17.7. The van der Waals surface area contributed by atoms with Crippen LogP contribution in [0.4, 0.5) is 5.69 Å². The summed E-state index contributed by atoms with van der Waals surface area (Å²) in [5, 5.41) is 11.8. The van der Waals surface area contributed by atoms with Crippen LogP contribution in [0.15, 0.2) is 42.5 Å². The zero-order valence-corrected chi connectivity index (χ0v) is 14.0. The van der Waals surface area contributed by atoms with Crippen LogP contribution in [0.5, 0.6) is 5.75 Å². The van der Waals surface area contributed by atoms with Crippen LogP contribution < -0.4 is 10.1 Å². The maximum absolute atomic E-state index is 12.4. The average Bonchev–Trinajstić information content (AvgIpc) is 2.56. The third kappa shape index (κ3) is 4.35. The summed E-state index contributed by atoms with van der Waals surface area (Å²) in [4.78, 5) is 23.4. The Labute approximate surface area is 141 Å². The van der Waals surface area contributed by atoms with E-state index < -0.39 is 5.97 Å². The number of benzene rings is 2. The zero-order valence-electron chi connectivity index (χ0n) is 14.0. The molecule has 0 heterocycles. The maximum Gasteiger partial charge on any atom is 0.335 e. The Balaban J connectivity index is 2.15. The molecule has 0 unspecified atom stereocenters. The van der Waals surface area contributed by atoms with Crippen molar-refractivity contribution in [3.8, 4) is 5.75 Å². The SMILES string of the molecule is CC[C@H](C)Oc1cccc(C(=O)Nc2ccc(C(=O)O)cc2C)c1. The van der Waals surface area contributed by atoms with E-state index in [9.17, 15) is 9.59 Å². The van der Waals surface area contributed by atoms with E-state index in [0.717, 1.165) is 6.42 Å². The van der Waals surface area contributed by atoms with Crippen LogP contribution >= 0.6 is 0 Å². The first-order chi connectivity index (χ1) is 11.4. The van der Waals surface area contributed by atoms with E-state index in [1.807, 2.05) is 19.9 Å². The summed E-state index contributed by atoms with van der Waals surface area (Å²) in [7, 11) is 0. The Bertz CT molecular complexity index is 755. The van der Waals surface area contributed by atoms with Crippen LogP contribution in [0.1, 0.15) is 46.5 Å². The number of aryl methyl sites for hydroxylation is 1. The Morgan fingerprint density at radius 2 is 1.92 bits per heavy atom. The summed E-state index contributed by atoms with van der Waals surface area (Å²) in [5.74, 6) is -0.614. The molecule has 0 spiro atoms. The number of carboxylic acids is 1. The monoisotopic (exact) mass is 327 g/mol. The topological polar surface area (TPSA) is 75.6 Å². The Morgan fingerprint density at radius 3 is 2.54 bits per heavy atom. The van der Waals surface area contributed by atoms with Gasteiger partial charge in [0.15, 0.2) is 0 Å². The first kappa shape index (κ1) is 17.5. The van der Waals surface area contributed by atoms with Crippen molar-refractivity contribution in [3.05, 3.63) is 59.2 Å². The van der Waals surface area contributed by atoms with Crippen molar-refractivity contribution in [2.75, 3.05) is 5.32 Å². The van der Waals surface area contributed by atoms with Gasteiger partial charge in [-0.15, -0.1) is 0 Å². The highest BCUT2D eigenvalue weighted by molar-refractivity contribution is 6.05. The van der Waals surface area contributed by atoms with E-state index in [1.54, 1.807) is 31.2 Å². The Kier molecular flexibility index (Phi) is 5.58. The number of ether oxygens (including phenoxy) is 1. The molecule has 0 radical (unpaired) electrons. The molecule has 0 bridgehead atoms. The summed E-state index contributed by atoms with van der Waals surface area (Å²) >= 11 is 0. The van der Waals surface area contributed by atoms with Crippen molar-refractivity contribution in [3.63, 3.8) is 0 Å². The van der Waals surface area contributed by atoms with Gasteiger partial charge in [-0.2, -0.15) is 0 Å². The summed E-state index contributed by atoms with van der Waals surface area (Å²) in [5.41, 5.74) is 1.94. The molecule has 2 aromatic carbocycles. The number of carboxylic acid groups (broad SMARTS) is 1. The maximum atomic E-state index is 12.4. The summed E-state index contributed by atoms with van der Waals surface area (Å²) < 4.78 is 5.73. The Morgan fingerprint density at radius 1 is 1.17 bits per heavy atom. The molecule has 0 aliphatic heterocycles. The minimum atomic E-state index is -0.995. The first-order valence-electron chi connectivity index (χ1n) is 7.82. The molecule has 0 fully saturated rings. The fourth-order valence-electron chi connectivity index (χ4n) is 2.16. The largest absolute Gasteiger partial charge is 0.491 e. The molecule has 126 valence electrons. The van der Waals surface area contributed by atoms with Gasteiger partial charge in [0, 0.05) is 11.3 Å². The molecule has 0 aromatic heterocycles. The minimum Gasteiger partial charge on any atom is -0.491 e.